The van der Waals surface area contributed by atoms with Crippen molar-refractivity contribution in [1.29, 1.82) is 0 Å². The zero-order valence-corrected chi connectivity index (χ0v) is 18.9. The van der Waals surface area contributed by atoms with Gasteiger partial charge in [-0.1, -0.05) is 41.4 Å². The predicted molar refractivity (Wildman–Crippen MR) is 124 cm³/mol. The van der Waals surface area contributed by atoms with E-state index in [0.717, 1.165) is 21.7 Å². The second kappa shape index (κ2) is 9.28. The quantitative estimate of drug-likeness (QED) is 0.431. The Morgan fingerprint density at radius 3 is 2.50 bits per heavy atom. The molecule has 164 valence electrons. The minimum absolute atomic E-state index is 0.183. The van der Waals surface area contributed by atoms with E-state index in [4.69, 9.17) is 16.3 Å². The molecule has 32 heavy (non-hydrogen) atoms. The Kier molecular flexibility index (Phi) is 6.28. The smallest absolute Gasteiger partial charge is 0.276 e. The summed E-state index contributed by atoms with van der Waals surface area (Å²) in [7, 11) is 0. The normalized spacial score (nSPS) is 10.9. The SMILES string of the molecule is Cc1ccc(Cn2cc(NC(=O)c3ccn(COc4cc(C)c(Cl)c(C)c4)n3)cn2)cc1. The van der Waals surface area contributed by atoms with Crippen LogP contribution in [0, 0.1) is 20.8 Å². The number of benzene rings is 2. The molecule has 2 aromatic heterocycles. The van der Waals surface area contributed by atoms with Crippen molar-refractivity contribution >= 4 is 23.2 Å². The number of aromatic nitrogens is 4. The molecule has 0 bridgehead atoms. The van der Waals surface area contributed by atoms with Crippen molar-refractivity contribution in [2.75, 3.05) is 5.32 Å². The van der Waals surface area contributed by atoms with E-state index in [1.54, 1.807) is 34.0 Å². The second-order valence-electron chi connectivity index (χ2n) is 7.75. The van der Waals surface area contributed by atoms with Gasteiger partial charge >= 0.3 is 0 Å². The van der Waals surface area contributed by atoms with E-state index < -0.39 is 0 Å². The monoisotopic (exact) mass is 449 g/mol. The Morgan fingerprint density at radius 1 is 1.06 bits per heavy atom. The van der Waals surface area contributed by atoms with Crippen molar-refractivity contribution < 1.29 is 9.53 Å². The van der Waals surface area contributed by atoms with Gasteiger partial charge in [-0.3, -0.25) is 9.48 Å². The number of rotatable bonds is 7. The molecule has 0 aliphatic carbocycles. The minimum atomic E-state index is -0.309. The molecule has 0 spiro atoms. The fourth-order valence-corrected chi connectivity index (χ4v) is 3.38. The predicted octanol–water partition coefficient (Wildman–Crippen LogP) is 5.00. The highest BCUT2D eigenvalue weighted by atomic mass is 35.5. The Morgan fingerprint density at radius 2 is 1.78 bits per heavy atom. The number of ether oxygens (including phenoxy) is 1. The summed E-state index contributed by atoms with van der Waals surface area (Å²) in [5, 5.41) is 12.2. The second-order valence-corrected chi connectivity index (χ2v) is 8.13. The number of nitrogens with one attached hydrogen (secondary N) is 1. The van der Waals surface area contributed by atoms with Crippen LogP contribution in [0.2, 0.25) is 5.02 Å². The lowest BCUT2D eigenvalue weighted by Gasteiger charge is -2.10. The molecule has 8 heteroatoms. The van der Waals surface area contributed by atoms with Gasteiger partial charge < -0.3 is 10.1 Å². The summed E-state index contributed by atoms with van der Waals surface area (Å²) >= 11 is 6.20. The lowest BCUT2D eigenvalue weighted by Crippen LogP contribution is -2.14. The number of amides is 1. The van der Waals surface area contributed by atoms with E-state index in [1.807, 2.05) is 26.0 Å². The number of nitrogens with zero attached hydrogens (tertiary/aromatic N) is 4. The summed E-state index contributed by atoms with van der Waals surface area (Å²) in [6.45, 7) is 6.73. The lowest BCUT2D eigenvalue weighted by molar-refractivity contribution is 0.102. The number of halogens is 1. The summed E-state index contributed by atoms with van der Waals surface area (Å²) in [6, 6.07) is 13.7. The fraction of sp³-hybridized carbons (Fsp3) is 0.208. The fourth-order valence-electron chi connectivity index (χ4n) is 3.28. The Bertz CT molecular complexity index is 1220. The van der Waals surface area contributed by atoms with Gasteiger partial charge in [0.25, 0.3) is 5.91 Å². The molecule has 2 heterocycles. The van der Waals surface area contributed by atoms with Crippen LogP contribution >= 0.6 is 11.6 Å². The minimum Gasteiger partial charge on any atom is -0.471 e. The maximum absolute atomic E-state index is 12.6. The molecule has 2 aromatic carbocycles. The van der Waals surface area contributed by atoms with E-state index in [2.05, 4.69) is 46.7 Å². The van der Waals surface area contributed by atoms with Gasteiger partial charge in [0.15, 0.2) is 12.4 Å². The average molecular weight is 450 g/mol. The zero-order valence-electron chi connectivity index (χ0n) is 18.2. The number of carbonyl (C=O) groups excluding carboxylic acids is 1. The van der Waals surface area contributed by atoms with Crippen LogP contribution in [0.1, 0.15) is 32.7 Å². The van der Waals surface area contributed by atoms with Gasteiger partial charge in [0, 0.05) is 17.4 Å². The topological polar surface area (TPSA) is 74.0 Å². The first-order valence-electron chi connectivity index (χ1n) is 10.2. The molecule has 0 saturated heterocycles. The third kappa shape index (κ3) is 5.18. The molecule has 0 saturated carbocycles. The number of hydrogen-bond donors (Lipinski definition) is 1. The van der Waals surface area contributed by atoms with Gasteiger partial charge in [-0.15, -0.1) is 0 Å². The van der Waals surface area contributed by atoms with Gasteiger partial charge in [-0.05, 0) is 55.7 Å². The summed E-state index contributed by atoms with van der Waals surface area (Å²) < 4.78 is 9.13. The van der Waals surface area contributed by atoms with Crippen molar-refractivity contribution in [1.82, 2.24) is 19.6 Å². The number of carbonyl (C=O) groups is 1. The molecular formula is C24H24ClN5O2. The molecule has 0 unspecified atom stereocenters. The zero-order chi connectivity index (χ0) is 22.7. The van der Waals surface area contributed by atoms with Gasteiger partial charge in [-0.2, -0.15) is 10.2 Å². The van der Waals surface area contributed by atoms with Crippen molar-refractivity contribution in [3.63, 3.8) is 0 Å². The van der Waals surface area contributed by atoms with E-state index in [-0.39, 0.29) is 12.6 Å². The largest absolute Gasteiger partial charge is 0.471 e. The Labute approximate surface area is 191 Å². The van der Waals surface area contributed by atoms with Crippen molar-refractivity contribution in [2.45, 2.75) is 34.0 Å². The van der Waals surface area contributed by atoms with Crippen LogP contribution in [0.5, 0.6) is 5.75 Å². The van der Waals surface area contributed by atoms with Crippen LogP contribution in [-0.2, 0) is 13.3 Å². The van der Waals surface area contributed by atoms with E-state index >= 15 is 0 Å². The Balaban J connectivity index is 1.34. The van der Waals surface area contributed by atoms with E-state index in [0.29, 0.717) is 23.7 Å². The average Bonchev–Trinajstić information content (AvgIpc) is 3.41. The Hall–Kier alpha value is -3.58. The van der Waals surface area contributed by atoms with Crippen molar-refractivity contribution in [3.8, 4) is 5.75 Å². The molecule has 0 aliphatic heterocycles. The summed E-state index contributed by atoms with van der Waals surface area (Å²) in [5.74, 6) is 0.392. The van der Waals surface area contributed by atoms with Crippen molar-refractivity contribution in [2.24, 2.45) is 0 Å². The summed E-state index contributed by atoms with van der Waals surface area (Å²) in [5.41, 5.74) is 5.16. The molecule has 0 aliphatic rings. The van der Waals surface area contributed by atoms with Crippen LogP contribution in [0.4, 0.5) is 5.69 Å². The third-order valence-electron chi connectivity index (χ3n) is 5.00. The maximum Gasteiger partial charge on any atom is 0.276 e. The van der Waals surface area contributed by atoms with Gasteiger partial charge in [0.1, 0.15) is 5.75 Å². The maximum atomic E-state index is 12.6. The standard InChI is InChI=1S/C24H24ClN5O2/c1-16-4-6-19(7-5-16)13-30-14-20(12-26-30)27-24(31)22-8-9-29(28-22)15-32-21-10-17(2)23(25)18(3)11-21/h4-12,14H,13,15H2,1-3H3,(H,27,31). The van der Waals surface area contributed by atoms with Crippen LogP contribution in [0.3, 0.4) is 0 Å². The van der Waals surface area contributed by atoms with Crippen LogP contribution in [0.25, 0.3) is 0 Å². The molecule has 7 nitrogen and oxygen atoms in total. The number of aryl methyl sites for hydroxylation is 3. The van der Waals surface area contributed by atoms with E-state index in [9.17, 15) is 4.79 Å². The number of hydrogen-bond acceptors (Lipinski definition) is 4. The lowest BCUT2D eigenvalue weighted by atomic mass is 10.1. The summed E-state index contributed by atoms with van der Waals surface area (Å²) in [4.78, 5) is 12.6. The molecule has 4 aromatic rings. The van der Waals surface area contributed by atoms with Gasteiger partial charge in [0.2, 0.25) is 0 Å². The van der Waals surface area contributed by atoms with Gasteiger partial charge in [-0.25, -0.2) is 4.68 Å². The van der Waals surface area contributed by atoms with Crippen LogP contribution < -0.4 is 10.1 Å². The first-order valence-corrected chi connectivity index (χ1v) is 10.6. The van der Waals surface area contributed by atoms with Gasteiger partial charge in [0.05, 0.1) is 18.4 Å². The van der Waals surface area contributed by atoms with Crippen LogP contribution in [-0.4, -0.2) is 25.5 Å². The highest BCUT2D eigenvalue weighted by molar-refractivity contribution is 6.32. The molecule has 0 radical (unpaired) electrons. The summed E-state index contributed by atoms with van der Waals surface area (Å²) in [6.07, 6.45) is 5.12. The molecular weight excluding hydrogens is 426 g/mol. The molecule has 0 atom stereocenters. The highest BCUT2D eigenvalue weighted by Crippen LogP contribution is 2.26. The third-order valence-corrected chi connectivity index (χ3v) is 5.60. The van der Waals surface area contributed by atoms with Crippen molar-refractivity contribution in [3.05, 3.63) is 94.0 Å². The number of anilines is 1. The molecule has 4 rings (SSSR count). The molecule has 0 fully saturated rings. The molecule has 1 amide bonds. The first kappa shape index (κ1) is 21.6. The van der Waals surface area contributed by atoms with Crippen LogP contribution in [0.15, 0.2) is 61.1 Å². The van der Waals surface area contributed by atoms with E-state index in [1.165, 1.54) is 5.56 Å². The first-order chi connectivity index (χ1) is 15.4. The highest BCUT2D eigenvalue weighted by Gasteiger charge is 2.12. The molecule has 1 N–H and O–H groups in total.